The van der Waals surface area contributed by atoms with Gasteiger partial charge in [0.2, 0.25) is 9.76 Å². The molecule has 0 aliphatic carbocycles. The summed E-state index contributed by atoms with van der Waals surface area (Å²) in [5, 5.41) is 24.4. The third kappa shape index (κ3) is 4.94. The van der Waals surface area contributed by atoms with Gasteiger partial charge < -0.3 is 9.74 Å². The van der Waals surface area contributed by atoms with Crippen molar-refractivity contribution in [3.63, 3.8) is 0 Å². The highest BCUT2D eigenvalue weighted by Crippen LogP contribution is 2.28. The topological polar surface area (TPSA) is 108 Å². The van der Waals surface area contributed by atoms with Crippen molar-refractivity contribution in [1.29, 1.82) is 0 Å². The Bertz CT molecular complexity index is 483. The van der Waals surface area contributed by atoms with Gasteiger partial charge in [0.15, 0.2) is 0 Å². The third-order valence-corrected chi connectivity index (χ3v) is 3.46. The van der Waals surface area contributed by atoms with Gasteiger partial charge in [-0.2, -0.15) is 0 Å². The number of nitro groups is 2. The highest BCUT2D eigenvalue weighted by molar-refractivity contribution is 6.26. The highest BCUT2D eigenvalue weighted by Gasteiger charge is 2.18. The van der Waals surface area contributed by atoms with Gasteiger partial charge in [0.25, 0.3) is 11.4 Å². The molecule has 1 rings (SSSR count). The predicted molar refractivity (Wildman–Crippen MR) is 75.0 cm³/mol. The summed E-state index contributed by atoms with van der Waals surface area (Å²) in [5.74, 6) is 0. The molecule has 0 saturated carbocycles. The minimum Gasteiger partial charge on any atom is -0.418 e. The zero-order valence-corrected chi connectivity index (χ0v) is 12.0. The molecule has 0 aromatic heterocycles. The lowest BCUT2D eigenvalue weighted by molar-refractivity contribution is -0.393. The molecule has 0 spiro atoms. The molecule has 9 heteroatoms. The second kappa shape index (κ2) is 8.22. The summed E-state index contributed by atoms with van der Waals surface area (Å²) >= 11 is 0. The molecule has 0 atom stereocenters. The van der Waals surface area contributed by atoms with Crippen molar-refractivity contribution >= 4 is 26.8 Å². The number of hydrogen-bond donors (Lipinski definition) is 1. The molecular formula is C11H15N3O5Si. The van der Waals surface area contributed by atoms with E-state index in [0.29, 0.717) is 28.6 Å². The maximum absolute atomic E-state index is 10.9. The second-order valence-electron chi connectivity index (χ2n) is 3.82. The lowest BCUT2D eigenvalue weighted by atomic mass is 10.2. The van der Waals surface area contributed by atoms with Crippen LogP contribution in [0.2, 0.25) is 6.04 Å². The van der Waals surface area contributed by atoms with Crippen LogP contribution < -0.4 is 5.32 Å². The Kier molecular flexibility index (Phi) is 6.60. The molecule has 0 heterocycles. The number of anilines is 1. The van der Waals surface area contributed by atoms with E-state index in [0.717, 1.165) is 18.5 Å². The zero-order valence-electron chi connectivity index (χ0n) is 11.0. The molecule has 20 heavy (non-hydrogen) atoms. The summed E-state index contributed by atoms with van der Waals surface area (Å²) in [5.41, 5.74) is -0.285. The molecule has 0 amide bonds. The van der Waals surface area contributed by atoms with Crippen LogP contribution in [0.3, 0.4) is 0 Å². The van der Waals surface area contributed by atoms with Gasteiger partial charge in [-0.05, 0) is 25.5 Å². The number of nitro benzene ring substituents is 2. The highest BCUT2D eigenvalue weighted by atomic mass is 28.2. The van der Waals surface area contributed by atoms with Crippen LogP contribution in [0.1, 0.15) is 13.3 Å². The van der Waals surface area contributed by atoms with E-state index in [9.17, 15) is 20.2 Å². The van der Waals surface area contributed by atoms with Crippen LogP contribution in [0, 0.1) is 20.2 Å². The SMILES string of the molecule is CCO[Si]CCCNc1ccc([N+](=O)[O-])cc1[N+](=O)[O-]. The maximum Gasteiger partial charge on any atom is 0.299 e. The predicted octanol–water partition coefficient (Wildman–Crippen LogP) is 2.38. The Morgan fingerprint density at radius 2 is 2.05 bits per heavy atom. The Balaban J connectivity index is 2.60. The summed E-state index contributed by atoms with van der Waals surface area (Å²) in [4.78, 5) is 20.2. The van der Waals surface area contributed by atoms with E-state index in [1.807, 2.05) is 6.92 Å². The van der Waals surface area contributed by atoms with Crippen LogP contribution >= 0.6 is 0 Å². The van der Waals surface area contributed by atoms with Gasteiger partial charge in [-0.15, -0.1) is 0 Å². The minimum absolute atomic E-state index is 0.286. The molecule has 1 N–H and O–H groups in total. The summed E-state index contributed by atoms with van der Waals surface area (Å²) < 4.78 is 5.21. The van der Waals surface area contributed by atoms with Crippen molar-refractivity contribution in [2.24, 2.45) is 0 Å². The van der Waals surface area contributed by atoms with Gasteiger partial charge in [0.05, 0.1) is 15.9 Å². The van der Waals surface area contributed by atoms with Gasteiger partial charge in [-0.1, -0.05) is 0 Å². The van der Waals surface area contributed by atoms with Crippen molar-refractivity contribution in [3.8, 4) is 0 Å². The van der Waals surface area contributed by atoms with Gasteiger partial charge in [0.1, 0.15) is 5.69 Å². The van der Waals surface area contributed by atoms with Crippen molar-refractivity contribution in [2.75, 3.05) is 18.5 Å². The van der Waals surface area contributed by atoms with Crippen molar-refractivity contribution in [3.05, 3.63) is 38.4 Å². The number of nitrogens with one attached hydrogen (secondary N) is 1. The van der Waals surface area contributed by atoms with Gasteiger partial charge in [0, 0.05) is 19.2 Å². The molecule has 0 aliphatic heterocycles. The second-order valence-corrected chi connectivity index (χ2v) is 4.90. The molecule has 0 aliphatic rings. The number of benzene rings is 1. The zero-order chi connectivity index (χ0) is 15.0. The Morgan fingerprint density at radius 3 is 2.65 bits per heavy atom. The quantitative estimate of drug-likeness (QED) is 0.324. The first-order valence-electron chi connectivity index (χ1n) is 6.07. The van der Waals surface area contributed by atoms with Crippen LogP contribution in [-0.2, 0) is 4.43 Å². The van der Waals surface area contributed by atoms with E-state index < -0.39 is 9.85 Å². The Morgan fingerprint density at radius 1 is 1.30 bits per heavy atom. The number of nitrogens with zero attached hydrogens (tertiary/aromatic N) is 2. The van der Waals surface area contributed by atoms with Crippen LogP contribution in [0.25, 0.3) is 0 Å². The van der Waals surface area contributed by atoms with Crippen LogP contribution in [-0.4, -0.2) is 32.8 Å². The standard InChI is InChI=1S/C11H15N3O5Si/c1-2-19-20-7-3-6-12-10-5-4-9(13(15)16)8-11(10)14(17)18/h4-5,8,12H,2-3,6-7H2,1H3. The molecule has 0 saturated heterocycles. The Labute approximate surface area is 118 Å². The average molecular weight is 297 g/mol. The van der Waals surface area contributed by atoms with Crippen LogP contribution in [0.5, 0.6) is 0 Å². The molecule has 0 bridgehead atoms. The molecular weight excluding hydrogens is 282 g/mol. The van der Waals surface area contributed by atoms with Crippen molar-refractivity contribution in [1.82, 2.24) is 0 Å². The fourth-order valence-electron chi connectivity index (χ4n) is 1.49. The molecule has 1 aromatic rings. The normalized spacial score (nSPS) is 10.2. The molecule has 8 nitrogen and oxygen atoms in total. The number of non-ortho nitro benzene ring substituents is 1. The van der Waals surface area contributed by atoms with E-state index in [2.05, 4.69) is 5.32 Å². The smallest absolute Gasteiger partial charge is 0.299 e. The average Bonchev–Trinajstić information content (AvgIpc) is 2.42. The summed E-state index contributed by atoms with van der Waals surface area (Å²) in [6.45, 7) is 3.16. The molecule has 0 unspecified atom stereocenters. The van der Waals surface area contributed by atoms with E-state index in [4.69, 9.17) is 4.43 Å². The summed E-state index contributed by atoms with van der Waals surface area (Å²) in [6.07, 6.45) is 0.812. The van der Waals surface area contributed by atoms with Crippen LogP contribution in [0.4, 0.5) is 17.1 Å². The first-order valence-corrected chi connectivity index (χ1v) is 7.19. The maximum atomic E-state index is 10.9. The Hall–Kier alpha value is -2.00. The first-order chi connectivity index (χ1) is 9.56. The summed E-state index contributed by atoms with van der Waals surface area (Å²) in [6, 6.07) is 4.45. The molecule has 108 valence electrons. The fourth-order valence-corrected chi connectivity index (χ4v) is 2.16. The van der Waals surface area contributed by atoms with E-state index in [1.165, 1.54) is 12.1 Å². The van der Waals surface area contributed by atoms with E-state index >= 15 is 0 Å². The van der Waals surface area contributed by atoms with Gasteiger partial charge in [-0.3, -0.25) is 20.2 Å². The number of rotatable bonds is 9. The summed E-state index contributed by atoms with van der Waals surface area (Å²) in [7, 11) is 0.424. The van der Waals surface area contributed by atoms with Gasteiger partial charge >= 0.3 is 0 Å². The van der Waals surface area contributed by atoms with Gasteiger partial charge in [-0.25, -0.2) is 0 Å². The monoisotopic (exact) mass is 297 g/mol. The first kappa shape index (κ1) is 16.1. The molecule has 1 aromatic carbocycles. The third-order valence-electron chi connectivity index (χ3n) is 2.41. The molecule has 2 radical (unpaired) electrons. The minimum atomic E-state index is -0.653. The van der Waals surface area contributed by atoms with E-state index in [-0.39, 0.29) is 11.4 Å². The number of hydrogen-bond acceptors (Lipinski definition) is 6. The lowest BCUT2D eigenvalue weighted by Gasteiger charge is -2.06. The van der Waals surface area contributed by atoms with E-state index in [1.54, 1.807) is 0 Å². The fraction of sp³-hybridized carbons (Fsp3) is 0.455. The molecule has 0 fully saturated rings. The largest absolute Gasteiger partial charge is 0.418 e. The van der Waals surface area contributed by atoms with Crippen molar-refractivity contribution in [2.45, 2.75) is 19.4 Å². The van der Waals surface area contributed by atoms with Crippen LogP contribution in [0.15, 0.2) is 18.2 Å². The lowest BCUT2D eigenvalue weighted by Crippen LogP contribution is -2.06. The van der Waals surface area contributed by atoms with Crippen molar-refractivity contribution < 1.29 is 14.3 Å².